The van der Waals surface area contributed by atoms with Crippen LogP contribution in [0.1, 0.15) is 36.1 Å². The van der Waals surface area contributed by atoms with Crippen LogP contribution in [0, 0.1) is 12.8 Å². The molecule has 0 heterocycles. The smallest absolute Gasteiger partial charge is 0.243 e. The second-order valence-electron chi connectivity index (χ2n) is 9.60. The lowest BCUT2D eigenvalue weighted by atomic mass is 10.0. The third-order valence-corrected chi connectivity index (χ3v) is 7.60. The van der Waals surface area contributed by atoms with Crippen LogP contribution >= 0.6 is 35.0 Å². The van der Waals surface area contributed by atoms with Gasteiger partial charge in [0.2, 0.25) is 11.8 Å². The van der Waals surface area contributed by atoms with Gasteiger partial charge in [0.25, 0.3) is 0 Å². The Bertz CT molecular complexity index is 1190. The van der Waals surface area contributed by atoms with E-state index >= 15 is 0 Å². The molecule has 4 nitrogen and oxygen atoms in total. The fourth-order valence-electron chi connectivity index (χ4n) is 3.95. The molecule has 1 N–H and O–H groups in total. The first-order valence-electron chi connectivity index (χ1n) is 12.4. The number of benzene rings is 3. The fourth-order valence-corrected chi connectivity index (χ4v) is 5.13. The molecule has 0 spiro atoms. The van der Waals surface area contributed by atoms with Crippen LogP contribution in [-0.2, 0) is 28.3 Å². The van der Waals surface area contributed by atoms with Crippen LogP contribution in [0.4, 0.5) is 0 Å². The number of amides is 2. The maximum Gasteiger partial charge on any atom is 0.243 e. The molecule has 2 amide bonds. The van der Waals surface area contributed by atoms with Gasteiger partial charge in [-0.05, 0) is 41.7 Å². The van der Waals surface area contributed by atoms with E-state index in [1.54, 1.807) is 28.8 Å². The van der Waals surface area contributed by atoms with Crippen molar-refractivity contribution in [3.05, 3.63) is 105 Å². The minimum atomic E-state index is -0.664. The number of rotatable bonds is 12. The summed E-state index contributed by atoms with van der Waals surface area (Å²) in [6.07, 6.45) is 0.417. The van der Waals surface area contributed by atoms with Crippen LogP contribution in [-0.4, -0.2) is 35.1 Å². The zero-order chi connectivity index (χ0) is 26.8. The highest BCUT2D eigenvalue weighted by molar-refractivity contribution is 7.99. The summed E-state index contributed by atoms with van der Waals surface area (Å²) >= 11 is 14.0. The van der Waals surface area contributed by atoms with Gasteiger partial charge in [-0.15, -0.1) is 11.8 Å². The van der Waals surface area contributed by atoms with Crippen LogP contribution in [0.15, 0.2) is 72.8 Å². The highest BCUT2D eigenvalue weighted by Gasteiger charge is 2.30. The maximum absolute atomic E-state index is 13.7. The fraction of sp³-hybridized carbons (Fsp3) is 0.333. The van der Waals surface area contributed by atoms with E-state index in [4.69, 9.17) is 23.2 Å². The Hall–Kier alpha value is -2.47. The summed E-state index contributed by atoms with van der Waals surface area (Å²) in [5.74, 6) is 1.03. The molecule has 3 aromatic carbocycles. The van der Waals surface area contributed by atoms with Crippen molar-refractivity contribution >= 4 is 46.8 Å². The van der Waals surface area contributed by atoms with Crippen LogP contribution < -0.4 is 5.32 Å². The molecule has 0 aromatic heterocycles. The van der Waals surface area contributed by atoms with Gasteiger partial charge in [0, 0.05) is 25.3 Å². The van der Waals surface area contributed by atoms with Crippen LogP contribution in [0.3, 0.4) is 0 Å². The highest BCUT2D eigenvalue weighted by atomic mass is 35.5. The Labute approximate surface area is 234 Å². The third-order valence-electron chi connectivity index (χ3n) is 5.87. The number of aryl methyl sites for hydroxylation is 1. The molecule has 7 heteroatoms. The Morgan fingerprint density at radius 2 is 1.62 bits per heavy atom. The summed E-state index contributed by atoms with van der Waals surface area (Å²) < 4.78 is 0. The molecule has 0 saturated carbocycles. The number of carbonyl (C=O) groups is 2. The van der Waals surface area contributed by atoms with E-state index in [0.29, 0.717) is 28.9 Å². The lowest BCUT2D eigenvalue weighted by molar-refractivity contribution is -0.139. The summed E-state index contributed by atoms with van der Waals surface area (Å²) in [4.78, 5) is 28.9. The lowest BCUT2D eigenvalue weighted by Gasteiger charge is -2.32. The van der Waals surface area contributed by atoms with Crippen molar-refractivity contribution in [3.63, 3.8) is 0 Å². The summed E-state index contributed by atoms with van der Waals surface area (Å²) in [6.45, 7) is 6.96. The van der Waals surface area contributed by atoms with E-state index < -0.39 is 6.04 Å². The second kappa shape index (κ2) is 14.5. The van der Waals surface area contributed by atoms with Gasteiger partial charge in [-0.1, -0.05) is 103 Å². The Kier molecular flexibility index (Phi) is 11.4. The van der Waals surface area contributed by atoms with Crippen LogP contribution in [0.2, 0.25) is 10.0 Å². The Balaban J connectivity index is 1.86. The summed E-state index contributed by atoms with van der Waals surface area (Å²) in [6, 6.07) is 22.7. The van der Waals surface area contributed by atoms with E-state index in [9.17, 15) is 9.59 Å². The predicted octanol–water partition coefficient (Wildman–Crippen LogP) is 6.95. The highest BCUT2D eigenvalue weighted by Crippen LogP contribution is 2.25. The SMILES string of the molecule is Cc1cccc(CSCC(=O)N(Cc2ccc(Cl)c(Cl)c2)C(Cc2ccccc2)C(=O)NCC(C)C)c1. The summed E-state index contributed by atoms with van der Waals surface area (Å²) in [5.41, 5.74) is 4.17. The monoisotopic (exact) mass is 556 g/mol. The van der Waals surface area contributed by atoms with Gasteiger partial charge in [-0.3, -0.25) is 9.59 Å². The van der Waals surface area contributed by atoms with Crippen molar-refractivity contribution in [1.82, 2.24) is 10.2 Å². The molecule has 0 aliphatic carbocycles. The summed E-state index contributed by atoms with van der Waals surface area (Å²) in [5, 5.41) is 3.92. The van der Waals surface area contributed by atoms with E-state index in [-0.39, 0.29) is 24.1 Å². The molecular weight excluding hydrogens is 523 g/mol. The minimum Gasteiger partial charge on any atom is -0.354 e. The maximum atomic E-state index is 13.7. The lowest BCUT2D eigenvalue weighted by Crippen LogP contribution is -2.51. The molecule has 0 bridgehead atoms. The van der Waals surface area contributed by atoms with Crippen molar-refractivity contribution in [2.24, 2.45) is 5.92 Å². The second-order valence-corrected chi connectivity index (χ2v) is 11.4. The van der Waals surface area contributed by atoms with Crippen LogP contribution in [0.5, 0.6) is 0 Å². The largest absolute Gasteiger partial charge is 0.354 e. The topological polar surface area (TPSA) is 49.4 Å². The van der Waals surface area contributed by atoms with E-state index in [2.05, 4.69) is 30.4 Å². The molecule has 0 aliphatic rings. The number of hydrogen-bond donors (Lipinski definition) is 1. The molecule has 0 saturated heterocycles. The Morgan fingerprint density at radius 3 is 2.30 bits per heavy atom. The zero-order valence-corrected chi connectivity index (χ0v) is 23.9. The molecule has 196 valence electrons. The van der Waals surface area contributed by atoms with Gasteiger partial charge >= 0.3 is 0 Å². The minimum absolute atomic E-state index is 0.0932. The number of thioether (sulfide) groups is 1. The van der Waals surface area contributed by atoms with Crippen molar-refractivity contribution in [2.45, 2.75) is 45.5 Å². The number of nitrogens with zero attached hydrogens (tertiary/aromatic N) is 1. The molecule has 1 atom stereocenters. The van der Waals surface area contributed by atoms with Gasteiger partial charge in [0.15, 0.2) is 0 Å². The predicted molar refractivity (Wildman–Crippen MR) is 156 cm³/mol. The van der Waals surface area contributed by atoms with Gasteiger partial charge in [-0.25, -0.2) is 0 Å². The van der Waals surface area contributed by atoms with E-state index in [1.807, 2.05) is 56.3 Å². The number of hydrogen-bond acceptors (Lipinski definition) is 3. The molecule has 0 aliphatic heterocycles. The van der Waals surface area contributed by atoms with Gasteiger partial charge in [0.05, 0.1) is 15.8 Å². The molecule has 3 rings (SSSR count). The number of halogens is 2. The van der Waals surface area contributed by atoms with Crippen molar-refractivity contribution in [1.29, 1.82) is 0 Å². The third kappa shape index (κ3) is 9.41. The van der Waals surface area contributed by atoms with Crippen molar-refractivity contribution in [3.8, 4) is 0 Å². The molecule has 0 radical (unpaired) electrons. The normalized spacial score (nSPS) is 11.8. The number of carbonyl (C=O) groups excluding carboxylic acids is 2. The first-order chi connectivity index (χ1) is 17.7. The quantitative estimate of drug-likeness (QED) is 0.262. The van der Waals surface area contributed by atoms with E-state index in [0.717, 1.165) is 16.9 Å². The van der Waals surface area contributed by atoms with Crippen molar-refractivity contribution in [2.75, 3.05) is 12.3 Å². The van der Waals surface area contributed by atoms with Gasteiger partial charge in [-0.2, -0.15) is 0 Å². The molecule has 3 aromatic rings. The first kappa shape index (κ1) is 29.1. The average Bonchev–Trinajstić information content (AvgIpc) is 2.87. The molecule has 37 heavy (non-hydrogen) atoms. The average molecular weight is 558 g/mol. The molecule has 1 unspecified atom stereocenters. The van der Waals surface area contributed by atoms with Crippen molar-refractivity contribution < 1.29 is 9.59 Å². The standard InChI is InChI=1S/C30H34Cl2N2O2S/c1-21(2)17-33-30(36)28(16-23-9-5-4-6-10-23)34(18-24-12-13-26(31)27(32)15-24)29(35)20-37-19-25-11-7-8-22(3)14-25/h4-15,21,28H,16-20H2,1-3H3,(H,33,36). The van der Waals surface area contributed by atoms with Gasteiger partial charge in [0.1, 0.15) is 6.04 Å². The van der Waals surface area contributed by atoms with E-state index in [1.165, 1.54) is 11.1 Å². The molecular formula is C30H34Cl2N2O2S. The summed E-state index contributed by atoms with van der Waals surface area (Å²) in [7, 11) is 0. The van der Waals surface area contributed by atoms with Gasteiger partial charge < -0.3 is 10.2 Å². The number of nitrogens with one attached hydrogen (secondary N) is 1. The first-order valence-corrected chi connectivity index (χ1v) is 14.3. The van der Waals surface area contributed by atoms with Crippen LogP contribution in [0.25, 0.3) is 0 Å². The molecule has 0 fully saturated rings. The Morgan fingerprint density at radius 1 is 0.892 bits per heavy atom. The zero-order valence-electron chi connectivity index (χ0n) is 21.5.